The van der Waals surface area contributed by atoms with Gasteiger partial charge in [-0.1, -0.05) is 46.4 Å². The maximum Gasteiger partial charge on any atom is 0.242 e. The van der Waals surface area contributed by atoms with E-state index in [2.05, 4.69) is 29.8 Å². The Morgan fingerprint density at radius 2 is 1.52 bits per heavy atom. The molecule has 0 aliphatic carbocycles. The van der Waals surface area contributed by atoms with Gasteiger partial charge < -0.3 is 8.84 Å². The molecule has 10 heteroatoms. The summed E-state index contributed by atoms with van der Waals surface area (Å²) in [6.07, 6.45) is 1.62. The van der Waals surface area contributed by atoms with Gasteiger partial charge in [0.05, 0.1) is 26.4 Å². The molecular weight excluding hydrogens is 448 g/mol. The van der Waals surface area contributed by atoms with Gasteiger partial charge in [0.1, 0.15) is 28.1 Å². The monoisotopic (exact) mass is 459 g/mol. The van der Waals surface area contributed by atoms with Crippen LogP contribution in [0.2, 0.25) is 39.7 Å². The maximum atomic E-state index is 6.29. The summed E-state index contributed by atoms with van der Waals surface area (Å²) in [6, 6.07) is 5.59. The highest BCUT2D eigenvalue weighted by molar-refractivity contribution is 6.70. The fourth-order valence-electron chi connectivity index (χ4n) is 2.66. The molecule has 0 bridgehead atoms. The fraction of sp³-hybridized carbons (Fsp3) is 0.176. The second kappa shape index (κ2) is 6.57. The summed E-state index contributed by atoms with van der Waals surface area (Å²) >= 11 is 24.9. The molecule has 0 fully saturated rings. The second-order valence-corrected chi connectivity index (χ2v) is 12.9. The van der Waals surface area contributed by atoms with Crippen LogP contribution in [-0.4, -0.2) is 23.3 Å². The Balaban J connectivity index is 2.00. The van der Waals surface area contributed by atoms with Crippen LogP contribution in [0.15, 0.2) is 28.9 Å². The molecule has 0 atom stereocenters. The first-order valence-corrected chi connectivity index (χ1v) is 12.9. The SMILES string of the molecule is C[Si](C)(C)Oc1cc2ccoc2cc1-n1nc2c(Cl)c(Cl)c(Cl)c(Cl)c2n1. The van der Waals surface area contributed by atoms with Crippen molar-refractivity contribution in [3.05, 3.63) is 44.6 Å². The average molecular weight is 461 g/mol. The van der Waals surface area contributed by atoms with E-state index in [0.29, 0.717) is 28.1 Å². The van der Waals surface area contributed by atoms with E-state index < -0.39 is 8.32 Å². The maximum absolute atomic E-state index is 6.29. The van der Waals surface area contributed by atoms with Crippen molar-refractivity contribution < 1.29 is 8.84 Å². The summed E-state index contributed by atoms with van der Waals surface area (Å²) < 4.78 is 11.8. The van der Waals surface area contributed by atoms with Gasteiger partial charge in [-0.25, -0.2) is 0 Å². The number of furan rings is 1. The molecule has 0 unspecified atom stereocenters. The summed E-state index contributed by atoms with van der Waals surface area (Å²) in [5.41, 5.74) is 2.00. The van der Waals surface area contributed by atoms with Gasteiger partial charge in [0.25, 0.3) is 0 Å². The van der Waals surface area contributed by atoms with Crippen LogP contribution in [0.4, 0.5) is 0 Å². The molecule has 0 spiro atoms. The number of aromatic nitrogens is 3. The van der Waals surface area contributed by atoms with E-state index in [1.807, 2.05) is 18.2 Å². The van der Waals surface area contributed by atoms with Crippen molar-refractivity contribution in [3.8, 4) is 11.4 Å². The lowest BCUT2D eigenvalue weighted by Crippen LogP contribution is -2.30. The standard InChI is InChI=1S/C17H13Cl4N3O2Si/c1-27(2,3)26-11-6-8-4-5-25-10(8)7-9(11)24-22-16-14(20)12(18)13(19)15(21)17(16)23-24/h4-7H,1-3H3. The van der Waals surface area contributed by atoms with Crippen LogP contribution >= 0.6 is 46.4 Å². The van der Waals surface area contributed by atoms with Gasteiger partial charge in [0.2, 0.25) is 8.32 Å². The predicted molar refractivity (Wildman–Crippen MR) is 113 cm³/mol. The summed E-state index contributed by atoms with van der Waals surface area (Å²) in [6.45, 7) is 6.28. The van der Waals surface area contributed by atoms with Crippen LogP contribution in [0.25, 0.3) is 27.7 Å². The summed E-state index contributed by atoms with van der Waals surface area (Å²) in [4.78, 5) is 1.41. The van der Waals surface area contributed by atoms with Crippen LogP contribution in [-0.2, 0) is 0 Å². The van der Waals surface area contributed by atoms with Gasteiger partial charge in [-0.2, -0.15) is 0 Å². The van der Waals surface area contributed by atoms with Crippen LogP contribution in [0.5, 0.6) is 5.75 Å². The zero-order valence-corrected chi connectivity index (χ0v) is 18.5. The number of benzene rings is 2. The molecule has 0 amide bonds. The smallest absolute Gasteiger partial charge is 0.242 e. The van der Waals surface area contributed by atoms with Crippen molar-refractivity contribution in [1.29, 1.82) is 0 Å². The van der Waals surface area contributed by atoms with Crippen molar-refractivity contribution in [2.24, 2.45) is 0 Å². The highest BCUT2D eigenvalue weighted by Crippen LogP contribution is 2.42. The van der Waals surface area contributed by atoms with Crippen molar-refractivity contribution in [2.45, 2.75) is 19.6 Å². The van der Waals surface area contributed by atoms with Gasteiger partial charge in [0.15, 0.2) is 0 Å². The zero-order valence-electron chi connectivity index (χ0n) is 14.5. The highest BCUT2D eigenvalue weighted by Gasteiger charge is 2.24. The summed E-state index contributed by atoms with van der Waals surface area (Å²) in [7, 11) is -1.90. The molecule has 27 heavy (non-hydrogen) atoms. The Bertz CT molecular complexity index is 1150. The molecule has 2 aromatic heterocycles. The lowest BCUT2D eigenvalue weighted by atomic mass is 10.2. The van der Waals surface area contributed by atoms with Gasteiger partial charge in [-0.05, 0) is 31.8 Å². The van der Waals surface area contributed by atoms with Crippen LogP contribution < -0.4 is 4.43 Å². The van der Waals surface area contributed by atoms with E-state index in [1.54, 1.807) is 6.26 Å². The molecule has 0 saturated carbocycles. The first-order valence-electron chi connectivity index (χ1n) is 7.95. The highest BCUT2D eigenvalue weighted by atomic mass is 35.5. The summed E-state index contributed by atoms with van der Waals surface area (Å²) in [5.74, 6) is 0.646. The molecule has 4 aromatic rings. The number of halogens is 4. The van der Waals surface area contributed by atoms with Crippen LogP contribution in [0, 0.1) is 0 Å². The molecule has 0 radical (unpaired) electrons. The van der Waals surface area contributed by atoms with Crippen molar-refractivity contribution in [3.63, 3.8) is 0 Å². The third-order valence-electron chi connectivity index (χ3n) is 3.77. The lowest BCUT2D eigenvalue weighted by Gasteiger charge is -2.21. The van der Waals surface area contributed by atoms with Crippen molar-refractivity contribution >= 4 is 76.7 Å². The van der Waals surface area contributed by atoms with Gasteiger partial charge >= 0.3 is 0 Å². The van der Waals surface area contributed by atoms with E-state index in [0.717, 1.165) is 5.39 Å². The minimum atomic E-state index is -1.90. The van der Waals surface area contributed by atoms with Gasteiger partial charge in [-0.15, -0.1) is 15.0 Å². The Kier molecular flexibility index (Phi) is 4.60. The first-order chi connectivity index (χ1) is 12.7. The molecule has 2 aromatic carbocycles. The molecule has 4 rings (SSSR count). The molecule has 5 nitrogen and oxygen atoms in total. The first kappa shape index (κ1) is 18.9. The van der Waals surface area contributed by atoms with Crippen LogP contribution in [0.3, 0.4) is 0 Å². The number of fused-ring (bicyclic) bond motifs is 2. The second-order valence-electron chi connectivity index (χ2n) is 6.94. The van der Waals surface area contributed by atoms with Crippen LogP contribution in [0.1, 0.15) is 0 Å². The number of rotatable bonds is 3. The lowest BCUT2D eigenvalue weighted by molar-refractivity contribution is 0.546. The predicted octanol–water partition coefficient (Wildman–Crippen LogP) is 6.99. The van der Waals surface area contributed by atoms with E-state index >= 15 is 0 Å². The third-order valence-corrected chi connectivity index (χ3v) is 6.39. The van der Waals surface area contributed by atoms with E-state index in [1.165, 1.54) is 4.80 Å². The normalized spacial score (nSPS) is 12.3. The zero-order chi connectivity index (χ0) is 19.5. The Morgan fingerprint density at radius 3 is 2.07 bits per heavy atom. The molecule has 0 aliphatic heterocycles. The number of hydrogen-bond donors (Lipinski definition) is 0. The van der Waals surface area contributed by atoms with Crippen molar-refractivity contribution in [2.75, 3.05) is 0 Å². The molecule has 0 N–H and O–H groups in total. The molecular formula is C17H13Cl4N3O2Si. The Labute approximate surface area is 175 Å². The molecule has 2 heterocycles. The topological polar surface area (TPSA) is 53.1 Å². The molecule has 0 aliphatic rings. The largest absolute Gasteiger partial charge is 0.543 e. The van der Waals surface area contributed by atoms with Crippen molar-refractivity contribution in [1.82, 2.24) is 15.0 Å². The van der Waals surface area contributed by atoms with E-state index in [9.17, 15) is 0 Å². The fourth-order valence-corrected chi connectivity index (χ4v) is 4.39. The minimum absolute atomic E-state index is 0.142. The Hall–Kier alpha value is -1.44. The Morgan fingerprint density at radius 1 is 0.926 bits per heavy atom. The number of hydrogen-bond acceptors (Lipinski definition) is 4. The molecule has 0 saturated heterocycles. The van der Waals surface area contributed by atoms with Gasteiger partial charge in [0, 0.05) is 11.5 Å². The number of nitrogens with zero attached hydrogens (tertiary/aromatic N) is 3. The summed E-state index contributed by atoms with van der Waals surface area (Å²) in [5, 5.41) is 10.5. The molecule has 140 valence electrons. The quantitative estimate of drug-likeness (QED) is 0.187. The average Bonchev–Trinajstić information content (AvgIpc) is 3.22. The third kappa shape index (κ3) is 3.30. The minimum Gasteiger partial charge on any atom is -0.543 e. The van der Waals surface area contributed by atoms with E-state index in [-0.39, 0.29) is 20.1 Å². The van der Waals surface area contributed by atoms with Gasteiger partial charge in [-0.3, -0.25) is 0 Å². The van der Waals surface area contributed by atoms with E-state index in [4.69, 9.17) is 55.2 Å².